The normalized spacial score (nSPS) is 10.9. The van der Waals surface area contributed by atoms with Crippen LogP contribution in [0.15, 0.2) is 35.2 Å². The number of imidazole rings is 1. The minimum absolute atomic E-state index is 0.266. The topological polar surface area (TPSA) is 29.9 Å². The molecule has 1 heterocycles. The molecule has 0 radical (unpaired) electrons. The van der Waals surface area contributed by atoms with Crippen LogP contribution >= 0.6 is 15.9 Å². The molecule has 0 aliphatic heterocycles. The molecule has 0 bridgehead atoms. The molecule has 0 saturated carbocycles. The van der Waals surface area contributed by atoms with Gasteiger partial charge in [0, 0.05) is 17.9 Å². The Morgan fingerprint density at radius 3 is 2.89 bits per heavy atom. The van der Waals surface area contributed by atoms with Crippen molar-refractivity contribution in [2.45, 2.75) is 26.4 Å². The van der Waals surface area contributed by atoms with E-state index in [1.165, 1.54) is 6.07 Å². The van der Waals surface area contributed by atoms with E-state index in [1.54, 1.807) is 6.07 Å². The number of hydrogen-bond donors (Lipinski definition) is 1. The summed E-state index contributed by atoms with van der Waals surface area (Å²) in [5, 5.41) is 3.19. The highest BCUT2D eigenvalue weighted by Crippen LogP contribution is 2.20. The first kappa shape index (κ1) is 13.1. The number of anilines is 1. The highest BCUT2D eigenvalue weighted by molar-refractivity contribution is 9.10. The van der Waals surface area contributed by atoms with Gasteiger partial charge in [-0.3, -0.25) is 0 Å². The lowest BCUT2D eigenvalue weighted by Crippen LogP contribution is -2.08. The van der Waals surface area contributed by atoms with Crippen LogP contribution in [0.1, 0.15) is 25.6 Å². The van der Waals surface area contributed by atoms with E-state index in [4.69, 9.17) is 0 Å². The SMILES string of the molecule is CC(C)n1cncc1CNc1ccc(Br)c(F)c1. The second-order valence-electron chi connectivity index (χ2n) is 4.37. The van der Waals surface area contributed by atoms with Gasteiger partial charge in [0.05, 0.1) is 23.0 Å². The van der Waals surface area contributed by atoms with Crippen LogP contribution in [-0.4, -0.2) is 9.55 Å². The van der Waals surface area contributed by atoms with Crippen molar-refractivity contribution in [1.82, 2.24) is 9.55 Å². The minimum atomic E-state index is -0.266. The van der Waals surface area contributed by atoms with Crippen LogP contribution in [0, 0.1) is 5.82 Å². The summed E-state index contributed by atoms with van der Waals surface area (Å²) >= 11 is 3.13. The first-order chi connectivity index (χ1) is 8.58. The summed E-state index contributed by atoms with van der Waals surface area (Å²) in [5.74, 6) is -0.266. The van der Waals surface area contributed by atoms with Crippen molar-refractivity contribution >= 4 is 21.6 Å². The van der Waals surface area contributed by atoms with Crippen molar-refractivity contribution < 1.29 is 4.39 Å². The molecule has 5 heteroatoms. The smallest absolute Gasteiger partial charge is 0.139 e. The number of rotatable bonds is 4. The number of benzene rings is 1. The summed E-state index contributed by atoms with van der Waals surface area (Å²) < 4.78 is 15.9. The van der Waals surface area contributed by atoms with Gasteiger partial charge in [-0.2, -0.15) is 0 Å². The Hall–Kier alpha value is -1.36. The van der Waals surface area contributed by atoms with Gasteiger partial charge >= 0.3 is 0 Å². The highest BCUT2D eigenvalue weighted by atomic mass is 79.9. The van der Waals surface area contributed by atoms with E-state index in [0.29, 0.717) is 17.1 Å². The van der Waals surface area contributed by atoms with E-state index in [0.717, 1.165) is 11.4 Å². The van der Waals surface area contributed by atoms with E-state index in [2.05, 4.69) is 44.6 Å². The maximum Gasteiger partial charge on any atom is 0.139 e. The van der Waals surface area contributed by atoms with E-state index < -0.39 is 0 Å². The molecule has 0 saturated heterocycles. The summed E-state index contributed by atoms with van der Waals surface area (Å²) in [6, 6.07) is 5.37. The van der Waals surface area contributed by atoms with Gasteiger partial charge in [-0.1, -0.05) is 0 Å². The standard InChI is InChI=1S/C13H15BrFN3/c1-9(2)18-8-16-6-11(18)7-17-10-3-4-12(14)13(15)5-10/h3-6,8-9,17H,7H2,1-2H3. The molecule has 3 nitrogen and oxygen atoms in total. The predicted molar refractivity (Wildman–Crippen MR) is 74.0 cm³/mol. The molecule has 0 spiro atoms. The van der Waals surface area contributed by atoms with Crippen LogP contribution in [0.2, 0.25) is 0 Å². The maximum absolute atomic E-state index is 13.3. The molecule has 1 aromatic carbocycles. The van der Waals surface area contributed by atoms with Gasteiger partial charge in [0.1, 0.15) is 5.82 Å². The quantitative estimate of drug-likeness (QED) is 0.925. The van der Waals surface area contributed by atoms with E-state index in [1.807, 2.05) is 18.6 Å². The zero-order valence-corrected chi connectivity index (χ0v) is 11.9. The van der Waals surface area contributed by atoms with Crippen molar-refractivity contribution in [1.29, 1.82) is 0 Å². The van der Waals surface area contributed by atoms with E-state index in [9.17, 15) is 4.39 Å². The molecule has 2 rings (SSSR count). The van der Waals surface area contributed by atoms with Crippen LogP contribution in [0.25, 0.3) is 0 Å². The molecular weight excluding hydrogens is 297 g/mol. The zero-order chi connectivity index (χ0) is 13.1. The van der Waals surface area contributed by atoms with Gasteiger partial charge in [-0.05, 0) is 48.0 Å². The molecule has 1 aromatic heterocycles. The molecule has 0 amide bonds. The van der Waals surface area contributed by atoms with Crippen LogP contribution in [0.4, 0.5) is 10.1 Å². The van der Waals surface area contributed by atoms with Crippen LogP contribution in [0.3, 0.4) is 0 Å². The van der Waals surface area contributed by atoms with Crippen LogP contribution < -0.4 is 5.32 Å². The highest BCUT2D eigenvalue weighted by Gasteiger charge is 2.05. The summed E-state index contributed by atoms with van der Waals surface area (Å²) in [4.78, 5) is 4.13. The first-order valence-corrected chi connectivity index (χ1v) is 6.57. The summed E-state index contributed by atoms with van der Waals surface area (Å²) in [7, 11) is 0. The van der Waals surface area contributed by atoms with Crippen molar-refractivity contribution in [3.8, 4) is 0 Å². The molecule has 0 fully saturated rings. The Morgan fingerprint density at radius 1 is 1.44 bits per heavy atom. The Labute approximate surface area is 114 Å². The number of nitrogens with zero attached hydrogens (tertiary/aromatic N) is 2. The fraction of sp³-hybridized carbons (Fsp3) is 0.308. The van der Waals surface area contributed by atoms with Gasteiger partial charge in [-0.15, -0.1) is 0 Å². The molecule has 0 unspecified atom stereocenters. The summed E-state index contributed by atoms with van der Waals surface area (Å²) in [5.41, 5.74) is 1.83. The van der Waals surface area contributed by atoms with Crippen molar-refractivity contribution in [3.05, 3.63) is 46.7 Å². The van der Waals surface area contributed by atoms with Gasteiger partial charge in [0.2, 0.25) is 0 Å². The third kappa shape index (κ3) is 2.90. The fourth-order valence-electron chi connectivity index (χ4n) is 1.73. The van der Waals surface area contributed by atoms with Crippen LogP contribution in [-0.2, 0) is 6.54 Å². The minimum Gasteiger partial charge on any atom is -0.379 e. The average Bonchev–Trinajstić information content (AvgIpc) is 2.79. The molecular formula is C13H15BrFN3. The van der Waals surface area contributed by atoms with Crippen molar-refractivity contribution in [2.75, 3.05) is 5.32 Å². The second-order valence-corrected chi connectivity index (χ2v) is 5.22. The zero-order valence-electron chi connectivity index (χ0n) is 10.3. The lowest BCUT2D eigenvalue weighted by atomic mass is 10.3. The number of hydrogen-bond acceptors (Lipinski definition) is 2. The maximum atomic E-state index is 13.3. The third-order valence-electron chi connectivity index (χ3n) is 2.70. The van der Waals surface area contributed by atoms with Gasteiger partial charge in [-0.25, -0.2) is 9.37 Å². The van der Waals surface area contributed by atoms with Gasteiger partial charge in [0.25, 0.3) is 0 Å². The molecule has 96 valence electrons. The summed E-state index contributed by atoms with van der Waals surface area (Å²) in [6.07, 6.45) is 3.63. The predicted octanol–water partition coefficient (Wildman–Crippen LogP) is 3.98. The Morgan fingerprint density at radius 2 is 2.22 bits per heavy atom. The number of aromatic nitrogens is 2. The average molecular weight is 312 g/mol. The molecule has 18 heavy (non-hydrogen) atoms. The lowest BCUT2D eigenvalue weighted by Gasteiger charge is -2.13. The number of halogens is 2. The Kier molecular flexibility index (Phi) is 4.01. The fourth-order valence-corrected chi connectivity index (χ4v) is 1.98. The molecule has 0 atom stereocenters. The van der Waals surface area contributed by atoms with Gasteiger partial charge < -0.3 is 9.88 Å². The van der Waals surface area contributed by atoms with Crippen LogP contribution in [0.5, 0.6) is 0 Å². The Bertz CT molecular complexity index is 537. The van der Waals surface area contributed by atoms with Gasteiger partial charge in [0.15, 0.2) is 0 Å². The largest absolute Gasteiger partial charge is 0.379 e. The molecule has 0 aliphatic carbocycles. The van der Waals surface area contributed by atoms with Crippen molar-refractivity contribution in [2.24, 2.45) is 0 Å². The van der Waals surface area contributed by atoms with E-state index >= 15 is 0 Å². The summed E-state index contributed by atoms with van der Waals surface area (Å²) in [6.45, 7) is 4.83. The number of nitrogens with one attached hydrogen (secondary N) is 1. The molecule has 0 aliphatic rings. The molecule has 1 N–H and O–H groups in total. The second kappa shape index (κ2) is 5.52. The molecule has 2 aromatic rings. The lowest BCUT2D eigenvalue weighted by molar-refractivity contribution is 0.577. The first-order valence-electron chi connectivity index (χ1n) is 5.77. The van der Waals surface area contributed by atoms with E-state index in [-0.39, 0.29) is 5.82 Å². The monoisotopic (exact) mass is 311 g/mol. The third-order valence-corrected chi connectivity index (χ3v) is 3.34. The Balaban J connectivity index is 2.07. The van der Waals surface area contributed by atoms with Crippen molar-refractivity contribution in [3.63, 3.8) is 0 Å².